The monoisotopic (exact) mass is 333 g/mol. The highest BCUT2D eigenvalue weighted by Crippen LogP contribution is 2.33. The van der Waals surface area contributed by atoms with Gasteiger partial charge in [-0.25, -0.2) is 4.79 Å². The van der Waals surface area contributed by atoms with Gasteiger partial charge >= 0.3 is 5.97 Å². The zero-order valence-electron chi connectivity index (χ0n) is 13.9. The van der Waals surface area contributed by atoms with Crippen molar-refractivity contribution >= 4 is 11.9 Å². The Labute approximate surface area is 141 Å². The number of benzene rings is 1. The highest BCUT2D eigenvalue weighted by Gasteiger charge is 2.34. The molecule has 1 aliphatic heterocycles. The van der Waals surface area contributed by atoms with E-state index < -0.39 is 12.0 Å². The third-order valence-electron chi connectivity index (χ3n) is 4.81. The van der Waals surface area contributed by atoms with Crippen LogP contribution in [0.3, 0.4) is 0 Å². The summed E-state index contributed by atoms with van der Waals surface area (Å²) in [5, 5.41) is 9.27. The fourth-order valence-corrected chi connectivity index (χ4v) is 3.52. The summed E-state index contributed by atoms with van der Waals surface area (Å²) in [4.78, 5) is 25.5. The fraction of sp³-hybridized carbons (Fsp3) is 0.556. The van der Waals surface area contributed by atoms with Crippen LogP contribution in [0.5, 0.6) is 11.5 Å². The van der Waals surface area contributed by atoms with Crippen LogP contribution in [0.1, 0.15) is 48.9 Å². The second-order valence-corrected chi connectivity index (χ2v) is 6.38. The highest BCUT2D eigenvalue weighted by molar-refractivity contribution is 5.97. The summed E-state index contributed by atoms with van der Waals surface area (Å²) < 4.78 is 11.3. The van der Waals surface area contributed by atoms with Gasteiger partial charge in [0.25, 0.3) is 5.91 Å². The fourth-order valence-electron chi connectivity index (χ4n) is 3.52. The highest BCUT2D eigenvalue weighted by atomic mass is 16.5. The van der Waals surface area contributed by atoms with Crippen molar-refractivity contribution in [2.45, 2.75) is 50.7 Å². The molecule has 2 aliphatic rings. The van der Waals surface area contributed by atoms with Crippen molar-refractivity contribution in [3.05, 3.63) is 23.8 Å². The number of hydrogen-bond acceptors (Lipinski definition) is 4. The Morgan fingerprint density at radius 3 is 2.54 bits per heavy atom. The number of likely N-dealkylation sites (tertiary alicyclic amines) is 1. The predicted octanol–water partition coefficient (Wildman–Crippen LogP) is 2.71. The summed E-state index contributed by atoms with van der Waals surface area (Å²) in [6.07, 6.45) is 5.69. The maximum absolute atomic E-state index is 12.7. The molecule has 1 saturated carbocycles. The molecule has 0 bridgehead atoms. The van der Waals surface area contributed by atoms with Crippen LogP contribution in [0.25, 0.3) is 0 Å². The lowest BCUT2D eigenvalue weighted by molar-refractivity contribution is -0.141. The molecule has 0 unspecified atom stereocenters. The van der Waals surface area contributed by atoms with E-state index in [1.165, 1.54) is 4.90 Å². The van der Waals surface area contributed by atoms with Crippen LogP contribution < -0.4 is 9.47 Å². The number of amides is 1. The van der Waals surface area contributed by atoms with Crippen LogP contribution in [0.2, 0.25) is 0 Å². The van der Waals surface area contributed by atoms with E-state index in [9.17, 15) is 14.7 Å². The van der Waals surface area contributed by atoms with Gasteiger partial charge < -0.3 is 19.5 Å². The minimum atomic E-state index is -0.947. The number of carbonyl (C=O) groups excluding carboxylic acids is 1. The van der Waals surface area contributed by atoms with E-state index in [1.807, 2.05) is 0 Å². The van der Waals surface area contributed by atoms with E-state index in [0.717, 1.165) is 25.7 Å². The number of hydrogen-bond donors (Lipinski definition) is 1. The molecule has 1 aliphatic carbocycles. The van der Waals surface area contributed by atoms with Crippen LogP contribution in [0, 0.1) is 0 Å². The molecule has 0 radical (unpaired) electrons. The van der Waals surface area contributed by atoms with Gasteiger partial charge in [-0.1, -0.05) is 0 Å². The molecule has 1 N–H and O–H groups in total. The number of ether oxygens (including phenoxy) is 2. The SMILES string of the molecule is COc1ccc(C(=O)N2CCC[C@@H]2C(=O)O)cc1OC1CCCC1. The Morgan fingerprint density at radius 2 is 1.88 bits per heavy atom. The first-order valence-electron chi connectivity index (χ1n) is 8.48. The van der Waals surface area contributed by atoms with E-state index in [2.05, 4.69) is 0 Å². The van der Waals surface area contributed by atoms with Gasteiger partial charge in [0.2, 0.25) is 0 Å². The molecule has 1 saturated heterocycles. The number of carbonyl (C=O) groups is 2. The zero-order chi connectivity index (χ0) is 17.1. The van der Waals surface area contributed by atoms with Crippen molar-refractivity contribution in [2.75, 3.05) is 13.7 Å². The van der Waals surface area contributed by atoms with Crippen molar-refractivity contribution in [3.63, 3.8) is 0 Å². The first-order chi connectivity index (χ1) is 11.6. The zero-order valence-corrected chi connectivity index (χ0v) is 13.9. The van der Waals surface area contributed by atoms with E-state index in [0.29, 0.717) is 36.4 Å². The smallest absolute Gasteiger partial charge is 0.326 e. The lowest BCUT2D eigenvalue weighted by atomic mass is 10.1. The normalized spacial score (nSPS) is 21.0. The van der Waals surface area contributed by atoms with Gasteiger partial charge in [-0.3, -0.25) is 4.79 Å². The molecular formula is C18H23NO5. The van der Waals surface area contributed by atoms with E-state index in [-0.39, 0.29) is 12.0 Å². The Balaban J connectivity index is 1.82. The molecule has 130 valence electrons. The van der Waals surface area contributed by atoms with Crippen LogP contribution in [0.15, 0.2) is 18.2 Å². The van der Waals surface area contributed by atoms with Crippen molar-refractivity contribution < 1.29 is 24.2 Å². The van der Waals surface area contributed by atoms with Crippen LogP contribution in [-0.4, -0.2) is 47.7 Å². The third-order valence-corrected chi connectivity index (χ3v) is 4.81. The maximum atomic E-state index is 12.7. The number of nitrogens with zero attached hydrogens (tertiary/aromatic N) is 1. The van der Waals surface area contributed by atoms with Gasteiger partial charge in [0.1, 0.15) is 6.04 Å². The van der Waals surface area contributed by atoms with Crippen LogP contribution in [0.4, 0.5) is 0 Å². The van der Waals surface area contributed by atoms with E-state index in [4.69, 9.17) is 9.47 Å². The first kappa shape index (κ1) is 16.6. The van der Waals surface area contributed by atoms with Gasteiger partial charge in [0.05, 0.1) is 13.2 Å². The minimum Gasteiger partial charge on any atom is -0.493 e. The lowest BCUT2D eigenvalue weighted by Gasteiger charge is -2.22. The maximum Gasteiger partial charge on any atom is 0.326 e. The molecule has 1 heterocycles. The number of carboxylic acids is 1. The van der Waals surface area contributed by atoms with Crippen molar-refractivity contribution in [2.24, 2.45) is 0 Å². The van der Waals surface area contributed by atoms with E-state index in [1.54, 1.807) is 25.3 Å². The summed E-state index contributed by atoms with van der Waals surface area (Å²) in [6.45, 7) is 0.473. The summed E-state index contributed by atoms with van der Waals surface area (Å²) in [5.41, 5.74) is 0.442. The lowest BCUT2D eigenvalue weighted by Crippen LogP contribution is -2.40. The minimum absolute atomic E-state index is 0.155. The number of methoxy groups -OCH3 is 1. The number of carboxylic acid groups (broad SMARTS) is 1. The first-order valence-corrected chi connectivity index (χ1v) is 8.48. The molecule has 6 heteroatoms. The van der Waals surface area contributed by atoms with Gasteiger partial charge in [0, 0.05) is 12.1 Å². The second-order valence-electron chi connectivity index (χ2n) is 6.38. The van der Waals surface area contributed by atoms with Crippen LogP contribution >= 0.6 is 0 Å². The number of rotatable bonds is 5. The van der Waals surface area contributed by atoms with Crippen molar-refractivity contribution in [1.82, 2.24) is 4.90 Å². The molecule has 1 amide bonds. The van der Waals surface area contributed by atoms with E-state index >= 15 is 0 Å². The summed E-state index contributed by atoms with van der Waals surface area (Å²) >= 11 is 0. The van der Waals surface area contributed by atoms with Gasteiger partial charge in [0.15, 0.2) is 11.5 Å². The summed E-state index contributed by atoms with van der Waals surface area (Å²) in [5.74, 6) is -0.0633. The Morgan fingerprint density at radius 1 is 1.12 bits per heavy atom. The predicted molar refractivity (Wildman–Crippen MR) is 87.6 cm³/mol. The molecule has 3 rings (SSSR count). The average molecular weight is 333 g/mol. The molecule has 0 spiro atoms. The van der Waals surface area contributed by atoms with Gasteiger partial charge in [-0.05, 0) is 56.7 Å². The summed E-state index contributed by atoms with van der Waals surface area (Å²) in [6, 6.07) is 4.32. The second kappa shape index (κ2) is 7.11. The summed E-state index contributed by atoms with van der Waals surface area (Å²) in [7, 11) is 1.57. The van der Waals surface area contributed by atoms with Gasteiger partial charge in [-0.2, -0.15) is 0 Å². The standard InChI is InChI=1S/C18H23NO5/c1-23-15-9-8-12(11-16(15)24-13-5-2-3-6-13)17(20)19-10-4-7-14(19)18(21)22/h8-9,11,13-14H,2-7,10H2,1H3,(H,21,22)/t14-/m1/s1. The quantitative estimate of drug-likeness (QED) is 0.896. The molecule has 1 aromatic rings. The molecule has 0 aromatic heterocycles. The largest absolute Gasteiger partial charge is 0.493 e. The molecule has 1 atom stereocenters. The topological polar surface area (TPSA) is 76.1 Å². The molecular weight excluding hydrogens is 310 g/mol. The Bertz CT molecular complexity index is 624. The van der Waals surface area contributed by atoms with Crippen LogP contribution in [-0.2, 0) is 4.79 Å². The number of aliphatic carboxylic acids is 1. The van der Waals surface area contributed by atoms with Crippen molar-refractivity contribution in [1.29, 1.82) is 0 Å². The Kier molecular flexibility index (Phi) is 4.92. The molecule has 1 aromatic carbocycles. The molecule has 2 fully saturated rings. The Hall–Kier alpha value is -2.24. The molecule has 24 heavy (non-hydrogen) atoms. The molecule has 6 nitrogen and oxygen atoms in total. The van der Waals surface area contributed by atoms with Crippen molar-refractivity contribution in [3.8, 4) is 11.5 Å². The third kappa shape index (κ3) is 3.32. The van der Waals surface area contributed by atoms with Gasteiger partial charge in [-0.15, -0.1) is 0 Å². The average Bonchev–Trinajstić information content (AvgIpc) is 3.25.